The van der Waals surface area contributed by atoms with E-state index in [1.165, 1.54) is 29.5 Å². The molecule has 0 atom stereocenters. The van der Waals surface area contributed by atoms with Gasteiger partial charge in [0.05, 0.1) is 5.52 Å². The van der Waals surface area contributed by atoms with Crippen LogP contribution in [-0.4, -0.2) is 4.57 Å². The van der Waals surface area contributed by atoms with E-state index in [1.54, 1.807) is 10.6 Å². The van der Waals surface area contributed by atoms with E-state index in [-0.39, 0.29) is 5.56 Å². The van der Waals surface area contributed by atoms with E-state index < -0.39 is 0 Å². The maximum Gasteiger partial charge on any atom is 0.250 e. The molecule has 3 rings (SSSR count). The SMILES string of the molecule is CCC(CC)c1ccc(-c2ccc3c(ccc(=O)n3C)c2)cc1. The smallest absolute Gasteiger partial charge is 0.250 e. The molecule has 0 saturated carbocycles. The van der Waals surface area contributed by atoms with E-state index in [1.807, 2.05) is 19.2 Å². The molecule has 0 radical (unpaired) electrons. The predicted octanol–water partition coefficient (Wildman–Crippen LogP) is 5.11. The number of hydrogen-bond donors (Lipinski definition) is 0. The molecule has 2 aromatic carbocycles. The lowest BCUT2D eigenvalue weighted by Crippen LogP contribution is -2.14. The maximum absolute atomic E-state index is 11.7. The average Bonchev–Trinajstić information content (AvgIpc) is 2.60. The first kappa shape index (κ1) is 15.5. The topological polar surface area (TPSA) is 22.0 Å². The van der Waals surface area contributed by atoms with Gasteiger partial charge in [-0.25, -0.2) is 0 Å². The fourth-order valence-corrected chi connectivity index (χ4v) is 3.27. The van der Waals surface area contributed by atoms with E-state index in [2.05, 4.69) is 50.2 Å². The highest BCUT2D eigenvalue weighted by atomic mass is 16.1. The molecule has 1 aromatic heterocycles. The van der Waals surface area contributed by atoms with Gasteiger partial charge in [-0.15, -0.1) is 0 Å². The fourth-order valence-electron chi connectivity index (χ4n) is 3.27. The predicted molar refractivity (Wildman–Crippen MR) is 97.9 cm³/mol. The van der Waals surface area contributed by atoms with Crippen molar-refractivity contribution >= 4 is 10.9 Å². The Bertz CT molecular complexity index is 870. The number of aromatic nitrogens is 1. The Balaban J connectivity index is 2.00. The summed E-state index contributed by atoms with van der Waals surface area (Å²) in [6.45, 7) is 4.49. The highest BCUT2D eigenvalue weighted by molar-refractivity contribution is 5.84. The van der Waals surface area contributed by atoms with Gasteiger partial charge in [-0.05, 0) is 59.0 Å². The summed E-state index contributed by atoms with van der Waals surface area (Å²) in [5, 5.41) is 1.09. The molecule has 2 nitrogen and oxygen atoms in total. The molecule has 0 aliphatic rings. The summed E-state index contributed by atoms with van der Waals surface area (Å²) >= 11 is 0. The third kappa shape index (κ3) is 2.94. The number of pyridine rings is 1. The average molecular weight is 305 g/mol. The van der Waals surface area contributed by atoms with Crippen molar-refractivity contribution in [3.8, 4) is 11.1 Å². The molecular formula is C21H23NO. The van der Waals surface area contributed by atoms with Crippen molar-refractivity contribution in [1.82, 2.24) is 4.57 Å². The number of rotatable bonds is 4. The van der Waals surface area contributed by atoms with Crippen LogP contribution in [0.4, 0.5) is 0 Å². The van der Waals surface area contributed by atoms with Crippen LogP contribution < -0.4 is 5.56 Å². The Labute approximate surface area is 137 Å². The van der Waals surface area contributed by atoms with Crippen LogP contribution >= 0.6 is 0 Å². The van der Waals surface area contributed by atoms with Gasteiger partial charge in [0.1, 0.15) is 0 Å². The summed E-state index contributed by atoms with van der Waals surface area (Å²) in [5.41, 5.74) is 4.82. The minimum Gasteiger partial charge on any atom is -0.311 e. The molecular weight excluding hydrogens is 282 g/mol. The first-order chi connectivity index (χ1) is 11.1. The van der Waals surface area contributed by atoms with Gasteiger partial charge in [0, 0.05) is 13.1 Å². The molecule has 1 heterocycles. The molecule has 0 fully saturated rings. The Kier molecular flexibility index (Phi) is 4.33. The zero-order chi connectivity index (χ0) is 16.4. The van der Waals surface area contributed by atoms with Crippen molar-refractivity contribution in [2.45, 2.75) is 32.6 Å². The van der Waals surface area contributed by atoms with Gasteiger partial charge < -0.3 is 4.57 Å². The van der Waals surface area contributed by atoms with Crippen LogP contribution in [0.5, 0.6) is 0 Å². The van der Waals surface area contributed by atoms with Gasteiger partial charge in [0.25, 0.3) is 5.56 Å². The highest BCUT2D eigenvalue weighted by Crippen LogP contribution is 2.28. The second-order valence-corrected chi connectivity index (χ2v) is 6.14. The third-order valence-electron chi connectivity index (χ3n) is 4.83. The zero-order valence-electron chi connectivity index (χ0n) is 14.0. The second-order valence-electron chi connectivity index (χ2n) is 6.14. The lowest BCUT2D eigenvalue weighted by molar-refractivity contribution is 0.642. The van der Waals surface area contributed by atoms with Crippen LogP contribution in [0.25, 0.3) is 22.0 Å². The fraction of sp³-hybridized carbons (Fsp3) is 0.286. The standard InChI is InChI=1S/C21H23NO/c1-4-15(5-2)16-6-8-17(9-7-16)18-10-12-20-19(14-18)11-13-21(23)22(20)3/h6-15H,4-5H2,1-3H3. The van der Waals surface area contributed by atoms with E-state index in [0.29, 0.717) is 5.92 Å². The first-order valence-corrected chi connectivity index (χ1v) is 8.34. The van der Waals surface area contributed by atoms with Gasteiger partial charge >= 0.3 is 0 Å². The van der Waals surface area contributed by atoms with Crippen molar-refractivity contribution in [2.24, 2.45) is 7.05 Å². The number of aryl methyl sites for hydroxylation is 1. The Hall–Kier alpha value is -2.35. The lowest BCUT2D eigenvalue weighted by Gasteiger charge is -2.13. The van der Waals surface area contributed by atoms with E-state index in [0.717, 1.165) is 10.9 Å². The van der Waals surface area contributed by atoms with Crippen molar-refractivity contribution < 1.29 is 0 Å². The summed E-state index contributed by atoms with van der Waals surface area (Å²) in [6, 6.07) is 18.7. The molecule has 0 N–H and O–H groups in total. The minimum absolute atomic E-state index is 0.0276. The van der Waals surface area contributed by atoms with Crippen molar-refractivity contribution in [3.05, 3.63) is 70.5 Å². The summed E-state index contributed by atoms with van der Waals surface area (Å²) < 4.78 is 1.69. The third-order valence-corrected chi connectivity index (χ3v) is 4.83. The Morgan fingerprint density at radius 1 is 0.870 bits per heavy atom. The number of benzene rings is 2. The minimum atomic E-state index is 0.0276. The molecule has 3 aromatic rings. The molecule has 118 valence electrons. The van der Waals surface area contributed by atoms with Crippen LogP contribution in [0, 0.1) is 0 Å². The van der Waals surface area contributed by atoms with Crippen LogP contribution in [0.2, 0.25) is 0 Å². The normalized spacial score (nSPS) is 11.3. The van der Waals surface area contributed by atoms with E-state index in [9.17, 15) is 4.79 Å². The molecule has 0 spiro atoms. The number of nitrogens with zero attached hydrogens (tertiary/aromatic N) is 1. The van der Waals surface area contributed by atoms with Crippen LogP contribution in [-0.2, 0) is 7.05 Å². The Morgan fingerprint density at radius 2 is 1.52 bits per heavy atom. The van der Waals surface area contributed by atoms with Crippen molar-refractivity contribution in [3.63, 3.8) is 0 Å². The van der Waals surface area contributed by atoms with Crippen LogP contribution in [0.1, 0.15) is 38.2 Å². The van der Waals surface area contributed by atoms with Gasteiger partial charge in [0.15, 0.2) is 0 Å². The van der Waals surface area contributed by atoms with Crippen molar-refractivity contribution in [2.75, 3.05) is 0 Å². The quantitative estimate of drug-likeness (QED) is 0.656. The van der Waals surface area contributed by atoms with Crippen molar-refractivity contribution in [1.29, 1.82) is 0 Å². The number of fused-ring (bicyclic) bond motifs is 1. The lowest BCUT2D eigenvalue weighted by atomic mass is 9.92. The molecule has 23 heavy (non-hydrogen) atoms. The molecule has 0 aliphatic carbocycles. The number of hydrogen-bond acceptors (Lipinski definition) is 1. The van der Waals surface area contributed by atoms with E-state index >= 15 is 0 Å². The van der Waals surface area contributed by atoms with Gasteiger partial charge in [0.2, 0.25) is 0 Å². The van der Waals surface area contributed by atoms with Gasteiger partial charge in [-0.3, -0.25) is 4.79 Å². The summed E-state index contributed by atoms with van der Waals surface area (Å²) in [5.74, 6) is 0.648. The zero-order valence-corrected chi connectivity index (χ0v) is 14.0. The molecule has 0 aliphatic heterocycles. The molecule has 0 saturated heterocycles. The summed E-state index contributed by atoms with van der Waals surface area (Å²) in [4.78, 5) is 11.7. The maximum atomic E-state index is 11.7. The molecule has 0 unspecified atom stereocenters. The largest absolute Gasteiger partial charge is 0.311 e. The van der Waals surface area contributed by atoms with Gasteiger partial charge in [-0.2, -0.15) is 0 Å². The highest BCUT2D eigenvalue weighted by Gasteiger charge is 2.07. The molecule has 2 heteroatoms. The monoisotopic (exact) mass is 305 g/mol. The molecule has 0 amide bonds. The first-order valence-electron chi connectivity index (χ1n) is 8.34. The summed E-state index contributed by atoms with van der Waals surface area (Å²) in [6.07, 6.45) is 2.36. The van der Waals surface area contributed by atoms with Crippen LogP contribution in [0.15, 0.2) is 59.4 Å². The molecule has 0 bridgehead atoms. The summed E-state index contributed by atoms with van der Waals surface area (Å²) in [7, 11) is 1.81. The van der Waals surface area contributed by atoms with E-state index in [4.69, 9.17) is 0 Å². The second kappa shape index (κ2) is 6.41. The Morgan fingerprint density at radius 3 is 2.17 bits per heavy atom. The van der Waals surface area contributed by atoms with Crippen LogP contribution in [0.3, 0.4) is 0 Å². The van der Waals surface area contributed by atoms with Gasteiger partial charge in [-0.1, -0.05) is 44.2 Å².